The van der Waals surface area contributed by atoms with Gasteiger partial charge in [0.2, 0.25) is 0 Å². The van der Waals surface area contributed by atoms with E-state index < -0.39 is 6.10 Å². The van der Waals surface area contributed by atoms with E-state index in [0.717, 1.165) is 5.75 Å². The van der Waals surface area contributed by atoms with Gasteiger partial charge in [-0.1, -0.05) is 24.3 Å². The Balaban J connectivity index is 1.96. The summed E-state index contributed by atoms with van der Waals surface area (Å²) in [7, 11) is 0. The molecule has 0 spiro atoms. The summed E-state index contributed by atoms with van der Waals surface area (Å²) in [5, 5.41) is 2.83. The predicted molar refractivity (Wildman–Crippen MR) is 87.4 cm³/mol. The monoisotopic (exact) mass is 299 g/mol. The first kappa shape index (κ1) is 15.9. The van der Waals surface area contributed by atoms with Crippen LogP contribution in [-0.4, -0.2) is 18.1 Å². The molecule has 116 valence electrons. The van der Waals surface area contributed by atoms with E-state index in [-0.39, 0.29) is 12.0 Å². The first-order chi connectivity index (χ1) is 10.5. The van der Waals surface area contributed by atoms with Crippen LogP contribution in [0.5, 0.6) is 11.5 Å². The summed E-state index contributed by atoms with van der Waals surface area (Å²) in [6, 6.07) is 16.6. The Kier molecular flexibility index (Phi) is 5.42. The summed E-state index contributed by atoms with van der Waals surface area (Å²) >= 11 is 0. The SMILES string of the molecule is CC(C)Oc1cccc(NC(=O)[C@H](C)Oc2ccccc2)c1. The lowest BCUT2D eigenvalue weighted by atomic mass is 10.2. The number of nitrogens with one attached hydrogen (secondary N) is 1. The van der Waals surface area contributed by atoms with Crippen LogP contribution >= 0.6 is 0 Å². The zero-order valence-electron chi connectivity index (χ0n) is 13.1. The van der Waals surface area contributed by atoms with Crippen molar-refractivity contribution in [1.29, 1.82) is 0 Å². The number of carbonyl (C=O) groups excluding carboxylic acids is 1. The maximum absolute atomic E-state index is 12.2. The smallest absolute Gasteiger partial charge is 0.265 e. The molecule has 0 radical (unpaired) electrons. The van der Waals surface area contributed by atoms with Crippen molar-refractivity contribution in [2.45, 2.75) is 33.0 Å². The van der Waals surface area contributed by atoms with Crippen molar-refractivity contribution in [3.63, 3.8) is 0 Å². The van der Waals surface area contributed by atoms with E-state index in [0.29, 0.717) is 11.4 Å². The summed E-state index contributed by atoms with van der Waals surface area (Å²) in [4.78, 5) is 12.2. The van der Waals surface area contributed by atoms with Crippen molar-refractivity contribution < 1.29 is 14.3 Å². The second kappa shape index (κ2) is 7.50. The minimum absolute atomic E-state index is 0.0892. The molecule has 1 amide bonds. The van der Waals surface area contributed by atoms with E-state index in [4.69, 9.17) is 9.47 Å². The van der Waals surface area contributed by atoms with E-state index in [9.17, 15) is 4.79 Å². The Morgan fingerprint density at radius 1 is 0.909 bits per heavy atom. The van der Waals surface area contributed by atoms with Crippen LogP contribution in [0.1, 0.15) is 20.8 Å². The van der Waals surface area contributed by atoms with Gasteiger partial charge in [0, 0.05) is 11.8 Å². The number of carbonyl (C=O) groups is 1. The van der Waals surface area contributed by atoms with E-state index >= 15 is 0 Å². The number of ether oxygens (including phenoxy) is 2. The molecule has 2 aromatic carbocycles. The lowest BCUT2D eigenvalue weighted by Gasteiger charge is -2.15. The van der Waals surface area contributed by atoms with Crippen molar-refractivity contribution in [3.05, 3.63) is 54.6 Å². The van der Waals surface area contributed by atoms with Crippen molar-refractivity contribution in [2.75, 3.05) is 5.32 Å². The molecule has 0 saturated carbocycles. The molecule has 0 aliphatic carbocycles. The molecule has 22 heavy (non-hydrogen) atoms. The average molecular weight is 299 g/mol. The first-order valence-electron chi connectivity index (χ1n) is 7.34. The standard InChI is InChI=1S/C18H21NO3/c1-13(2)21-17-11-7-8-15(12-17)19-18(20)14(3)22-16-9-5-4-6-10-16/h4-14H,1-3H3,(H,19,20)/t14-/m0/s1. The Morgan fingerprint density at radius 2 is 1.59 bits per heavy atom. The number of para-hydroxylation sites is 1. The quantitative estimate of drug-likeness (QED) is 0.880. The largest absolute Gasteiger partial charge is 0.491 e. The molecule has 2 rings (SSSR count). The molecule has 0 fully saturated rings. The second-order valence-corrected chi connectivity index (χ2v) is 5.26. The van der Waals surface area contributed by atoms with Gasteiger partial charge in [0.25, 0.3) is 5.91 Å². The summed E-state index contributed by atoms with van der Waals surface area (Å²) in [6.07, 6.45) is -0.497. The normalized spacial score (nSPS) is 11.8. The van der Waals surface area contributed by atoms with Crippen LogP contribution in [0.3, 0.4) is 0 Å². The summed E-state index contributed by atoms with van der Waals surface area (Å²) in [5.41, 5.74) is 0.687. The summed E-state index contributed by atoms with van der Waals surface area (Å²) < 4.78 is 11.2. The van der Waals surface area contributed by atoms with Gasteiger partial charge in [-0.05, 0) is 45.0 Å². The molecule has 0 unspecified atom stereocenters. The van der Waals surface area contributed by atoms with Crippen LogP contribution in [0.25, 0.3) is 0 Å². The van der Waals surface area contributed by atoms with E-state index in [1.165, 1.54) is 0 Å². The highest BCUT2D eigenvalue weighted by molar-refractivity contribution is 5.94. The van der Waals surface area contributed by atoms with Crippen LogP contribution < -0.4 is 14.8 Å². The third-order valence-corrected chi connectivity index (χ3v) is 2.90. The maximum atomic E-state index is 12.2. The van der Waals surface area contributed by atoms with Gasteiger partial charge in [-0.15, -0.1) is 0 Å². The second-order valence-electron chi connectivity index (χ2n) is 5.26. The number of rotatable bonds is 6. The minimum atomic E-state index is -0.586. The molecule has 1 atom stereocenters. The molecule has 0 saturated heterocycles. The fourth-order valence-corrected chi connectivity index (χ4v) is 1.92. The van der Waals surface area contributed by atoms with Crippen molar-refractivity contribution in [3.8, 4) is 11.5 Å². The Bertz CT molecular complexity index is 611. The Morgan fingerprint density at radius 3 is 2.27 bits per heavy atom. The van der Waals surface area contributed by atoms with Gasteiger partial charge in [-0.25, -0.2) is 0 Å². The van der Waals surface area contributed by atoms with Crippen molar-refractivity contribution in [1.82, 2.24) is 0 Å². The fourth-order valence-electron chi connectivity index (χ4n) is 1.92. The van der Waals surface area contributed by atoms with Gasteiger partial charge in [-0.3, -0.25) is 4.79 Å². The Hall–Kier alpha value is -2.49. The molecule has 0 aliphatic heterocycles. The highest BCUT2D eigenvalue weighted by Crippen LogP contribution is 2.19. The van der Waals surface area contributed by atoms with Gasteiger partial charge >= 0.3 is 0 Å². The lowest BCUT2D eigenvalue weighted by molar-refractivity contribution is -0.122. The number of amides is 1. The molecule has 0 aliphatic rings. The molecule has 4 heteroatoms. The van der Waals surface area contributed by atoms with Crippen LogP contribution in [0.2, 0.25) is 0 Å². The van der Waals surface area contributed by atoms with Crippen LogP contribution in [0.4, 0.5) is 5.69 Å². The van der Waals surface area contributed by atoms with Crippen LogP contribution in [-0.2, 0) is 4.79 Å². The average Bonchev–Trinajstić information content (AvgIpc) is 2.48. The van der Waals surface area contributed by atoms with Gasteiger partial charge < -0.3 is 14.8 Å². The summed E-state index contributed by atoms with van der Waals surface area (Å²) in [6.45, 7) is 5.64. The highest BCUT2D eigenvalue weighted by atomic mass is 16.5. The van der Waals surface area contributed by atoms with Gasteiger partial charge in [0.15, 0.2) is 6.10 Å². The van der Waals surface area contributed by atoms with E-state index in [2.05, 4.69) is 5.32 Å². The first-order valence-corrected chi connectivity index (χ1v) is 7.34. The van der Waals surface area contributed by atoms with Crippen molar-refractivity contribution >= 4 is 11.6 Å². The number of hydrogen-bond donors (Lipinski definition) is 1. The molecule has 0 heterocycles. The summed E-state index contributed by atoms with van der Waals surface area (Å²) in [5.74, 6) is 1.19. The van der Waals surface area contributed by atoms with E-state index in [1.54, 1.807) is 13.0 Å². The number of hydrogen-bond acceptors (Lipinski definition) is 3. The van der Waals surface area contributed by atoms with Crippen LogP contribution in [0.15, 0.2) is 54.6 Å². The zero-order valence-corrected chi connectivity index (χ0v) is 13.1. The molecule has 1 N–H and O–H groups in total. The Labute approximate surface area is 131 Å². The van der Waals surface area contributed by atoms with Crippen molar-refractivity contribution in [2.24, 2.45) is 0 Å². The molecular weight excluding hydrogens is 278 g/mol. The third kappa shape index (κ3) is 4.81. The zero-order chi connectivity index (χ0) is 15.9. The molecule has 4 nitrogen and oxygen atoms in total. The van der Waals surface area contributed by atoms with Gasteiger partial charge in [0.05, 0.1) is 6.10 Å². The highest BCUT2D eigenvalue weighted by Gasteiger charge is 2.15. The lowest BCUT2D eigenvalue weighted by Crippen LogP contribution is -2.30. The van der Waals surface area contributed by atoms with E-state index in [1.807, 2.05) is 62.4 Å². The number of benzene rings is 2. The topological polar surface area (TPSA) is 47.6 Å². The third-order valence-electron chi connectivity index (χ3n) is 2.90. The van der Waals surface area contributed by atoms with Gasteiger partial charge in [0.1, 0.15) is 11.5 Å². The number of anilines is 1. The molecule has 0 aromatic heterocycles. The predicted octanol–water partition coefficient (Wildman–Crippen LogP) is 3.88. The fraction of sp³-hybridized carbons (Fsp3) is 0.278. The maximum Gasteiger partial charge on any atom is 0.265 e. The van der Waals surface area contributed by atoms with Crippen LogP contribution in [0, 0.1) is 0 Å². The molecule has 2 aromatic rings. The minimum Gasteiger partial charge on any atom is -0.491 e. The van der Waals surface area contributed by atoms with Gasteiger partial charge in [-0.2, -0.15) is 0 Å². The molecule has 0 bridgehead atoms. The molecular formula is C18H21NO3.